The molecule has 1 fully saturated rings. The molecular formula is C12H14N2O5S. The van der Waals surface area contributed by atoms with Gasteiger partial charge in [-0.1, -0.05) is 0 Å². The molecule has 0 aromatic heterocycles. The first kappa shape index (κ1) is 14.8. The highest BCUT2D eigenvalue weighted by Crippen LogP contribution is 2.22. The van der Waals surface area contributed by atoms with Crippen LogP contribution in [-0.4, -0.2) is 57.0 Å². The fourth-order valence-corrected chi connectivity index (χ4v) is 2.67. The van der Waals surface area contributed by atoms with Gasteiger partial charge >= 0.3 is 0 Å². The zero-order valence-electron chi connectivity index (χ0n) is 10.5. The molecule has 1 aliphatic heterocycles. The molecule has 0 saturated carbocycles. The third-order valence-corrected chi connectivity index (χ3v) is 4.02. The van der Waals surface area contributed by atoms with E-state index in [0.717, 1.165) is 4.90 Å². The fraction of sp³-hybridized carbons (Fsp3) is 0.417. The summed E-state index contributed by atoms with van der Waals surface area (Å²) in [6, 6.07) is 5.94. The van der Waals surface area contributed by atoms with Gasteiger partial charge < -0.3 is 15.1 Å². The largest absolute Gasteiger partial charge is 0.388 e. The van der Waals surface area contributed by atoms with Crippen molar-refractivity contribution < 1.29 is 19.9 Å². The van der Waals surface area contributed by atoms with Crippen LogP contribution in [0.3, 0.4) is 0 Å². The molecule has 0 spiro atoms. The van der Waals surface area contributed by atoms with Crippen molar-refractivity contribution in [2.45, 2.75) is 17.1 Å². The van der Waals surface area contributed by atoms with Crippen LogP contribution in [0.4, 0.5) is 5.69 Å². The number of aliphatic hydroxyl groups excluding tert-OH is 2. The van der Waals surface area contributed by atoms with Crippen molar-refractivity contribution >= 4 is 23.4 Å². The van der Waals surface area contributed by atoms with Crippen LogP contribution in [0.5, 0.6) is 0 Å². The lowest BCUT2D eigenvalue weighted by molar-refractivity contribution is -0.384. The second kappa shape index (κ2) is 6.21. The first-order valence-electron chi connectivity index (χ1n) is 5.98. The van der Waals surface area contributed by atoms with E-state index in [1.807, 2.05) is 0 Å². The summed E-state index contributed by atoms with van der Waals surface area (Å²) in [6.07, 6.45) is -1.77. The summed E-state index contributed by atoms with van der Waals surface area (Å²) in [5, 5.41) is 29.2. The third kappa shape index (κ3) is 3.47. The van der Waals surface area contributed by atoms with Gasteiger partial charge in [-0.2, -0.15) is 0 Å². The van der Waals surface area contributed by atoms with Crippen LogP contribution in [-0.2, 0) is 4.79 Å². The molecule has 1 heterocycles. The van der Waals surface area contributed by atoms with Crippen LogP contribution in [0.25, 0.3) is 0 Å². The summed E-state index contributed by atoms with van der Waals surface area (Å²) in [5.74, 6) is -0.0130. The van der Waals surface area contributed by atoms with E-state index in [0.29, 0.717) is 0 Å². The molecule has 20 heavy (non-hydrogen) atoms. The van der Waals surface area contributed by atoms with E-state index >= 15 is 0 Å². The summed E-state index contributed by atoms with van der Waals surface area (Å²) in [7, 11) is 0. The number of rotatable bonds is 4. The zero-order valence-corrected chi connectivity index (χ0v) is 11.3. The number of carbonyl (C=O) groups excluding carboxylic acids is 1. The van der Waals surface area contributed by atoms with Crippen LogP contribution in [0.1, 0.15) is 0 Å². The van der Waals surface area contributed by atoms with Gasteiger partial charge in [-0.3, -0.25) is 14.9 Å². The quantitative estimate of drug-likeness (QED) is 0.469. The lowest BCUT2D eigenvalue weighted by Gasteiger charge is -2.14. The van der Waals surface area contributed by atoms with E-state index in [-0.39, 0.29) is 30.4 Å². The van der Waals surface area contributed by atoms with Crippen LogP contribution in [0, 0.1) is 10.1 Å². The Bertz CT molecular complexity index is 497. The Morgan fingerprint density at radius 1 is 1.30 bits per heavy atom. The molecule has 1 aromatic carbocycles. The molecule has 0 radical (unpaired) electrons. The number of hydrogen-bond donors (Lipinski definition) is 2. The Hall–Kier alpha value is -1.64. The summed E-state index contributed by atoms with van der Waals surface area (Å²) in [5.41, 5.74) is 0.00599. The highest BCUT2D eigenvalue weighted by molar-refractivity contribution is 8.00. The monoisotopic (exact) mass is 298 g/mol. The van der Waals surface area contributed by atoms with Gasteiger partial charge in [0.05, 0.1) is 22.9 Å². The predicted molar refractivity (Wildman–Crippen MR) is 72.4 cm³/mol. The van der Waals surface area contributed by atoms with Gasteiger partial charge in [-0.15, -0.1) is 11.8 Å². The molecule has 0 unspecified atom stereocenters. The maximum Gasteiger partial charge on any atom is 0.269 e. The van der Waals surface area contributed by atoms with E-state index in [4.69, 9.17) is 0 Å². The van der Waals surface area contributed by atoms with Crippen molar-refractivity contribution in [3.8, 4) is 0 Å². The molecule has 2 N–H and O–H groups in total. The highest BCUT2D eigenvalue weighted by Gasteiger charge is 2.32. The Kier molecular flexibility index (Phi) is 4.58. The molecule has 0 bridgehead atoms. The van der Waals surface area contributed by atoms with E-state index in [1.54, 1.807) is 12.1 Å². The topological polar surface area (TPSA) is 104 Å². The summed E-state index contributed by atoms with van der Waals surface area (Å²) < 4.78 is 0. The van der Waals surface area contributed by atoms with Gasteiger partial charge in [0, 0.05) is 30.1 Å². The Balaban J connectivity index is 1.86. The number of nitro groups is 1. The summed E-state index contributed by atoms with van der Waals surface area (Å²) in [6.45, 7) is 0.279. The molecule has 8 heteroatoms. The number of β-amino-alcohol motifs (C(OH)–C–C–N with tert-alkyl or cyclic N) is 2. The number of hydrogen-bond acceptors (Lipinski definition) is 6. The van der Waals surface area contributed by atoms with Gasteiger partial charge in [0.1, 0.15) is 0 Å². The van der Waals surface area contributed by atoms with E-state index < -0.39 is 17.1 Å². The van der Waals surface area contributed by atoms with Crippen molar-refractivity contribution in [1.29, 1.82) is 0 Å². The van der Waals surface area contributed by atoms with Crippen molar-refractivity contribution in [1.82, 2.24) is 4.90 Å². The highest BCUT2D eigenvalue weighted by atomic mass is 32.2. The lowest BCUT2D eigenvalue weighted by atomic mass is 10.3. The minimum absolute atomic E-state index is 0.00599. The number of nitrogens with zero attached hydrogens (tertiary/aromatic N) is 2. The smallest absolute Gasteiger partial charge is 0.269 e. The lowest BCUT2D eigenvalue weighted by Crippen LogP contribution is -2.31. The molecule has 1 aromatic rings. The standard InChI is InChI=1S/C12H14N2O5S/c15-10-5-13(6-11(10)16)12(17)7-20-9-3-1-8(2-4-9)14(18)19/h1-4,10-11,15-16H,5-7H2/t10-,11+. The summed E-state index contributed by atoms with van der Waals surface area (Å²) >= 11 is 1.26. The minimum Gasteiger partial charge on any atom is -0.388 e. The van der Waals surface area contributed by atoms with Crippen molar-refractivity contribution in [3.63, 3.8) is 0 Å². The predicted octanol–water partition coefficient (Wildman–Crippen LogP) is 0.251. The number of likely N-dealkylation sites (tertiary alicyclic amines) is 1. The van der Waals surface area contributed by atoms with Gasteiger partial charge in [-0.05, 0) is 12.1 Å². The number of benzene rings is 1. The average Bonchev–Trinajstić information content (AvgIpc) is 2.76. The Labute approximate surface area is 119 Å². The van der Waals surface area contributed by atoms with Crippen molar-refractivity contribution in [2.24, 2.45) is 0 Å². The first-order valence-corrected chi connectivity index (χ1v) is 6.97. The van der Waals surface area contributed by atoms with Crippen LogP contribution in [0.2, 0.25) is 0 Å². The van der Waals surface area contributed by atoms with Gasteiger partial charge in [0.15, 0.2) is 0 Å². The number of aliphatic hydroxyl groups is 2. The number of thioether (sulfide) groups is 1. The van der Waals surface area contributed by atoms with Crippen molar-refractivity contribution in [2.75, 3.05) is 18.8 Å². The molecule has 1 aliphatic rings. The van der Waals surface area contributed by atoms with Crippen LogP contribution in [0.15, 0.2) is 29.2 Å². The third-order valence-electron chi connectivity index (χ3n) is 3.02. The summed E-state index contributed by atoms with van der Waals surface area (Å²) in [4.78, 5) is 24.0. The maximum absolute atomic E-state index is 11.9. The van der Waals surface area contributed by atoms with Crippen molar-refractivity contribution in [3.05, 3.63) is 34.4 Å². The molecule has 1 saturated heterocycles. The van der Waals surface area contributed by atoms with Gasteiger partial charge in [-0.25, -0.2) is 0 Å². The Morgan fingerprint density at radius 2 is 1.85 bits per heavy atom. The Morgan fingerprint density at radius 3 is 2.35 bits per heavy atom. The molecule has 2 rings (SSSR count). The number of nitro benzene ring substituents is 1. The SMILES string of the molecule is O=C(CSc1ccc([N+](=O)[O-])cc1)N1C[C@@H](O)[C@@H](O)C1. The molecule has 108 valence electrons. The molecule has 2 atom stereocenters. The van der Waals surface area contributed by atoms with Crippen LogP contribution >= 0.6 is 11.8 Å². The van der Waals surface area contributed by atoms with E-state index in [1.165, 1.54) is 28.8 Å². The van der Waals surface area contributed by atoms with Gasteiger partial charge in [0.2, 0.25) is 5.91 Å². The van der Waals surface area contributed by atoms with Crippen LogP contribution < -0.4 is 0 Å². The molecule has 7 nitrogen and oxygen atoms in total. The van der Waals surface area contributed by atoms with E-state index in [2.05, 4.69) is 0 Å². The molecule has 1 amide bonds. The molecular weight excluding hydrogens is 284 g/mol. The fourth-order valence-electron chi connectivity index (χ4n) is 1.87. The zero-order chi connectivity index (χ0) is 14.7. The minimum atomic E-state index is -0.886. The van der Waals surface area contributed by atoms with E-state index in [9.17, 15) is 25.1 Å². The maximum atomic E-state index is 11.9. The number of amides is 1. The second-order valence-electron chi connectivity index (χ2n) is 4.47. The number of non-ortho nitro benzene ring substituents is 1. The van der Waals surface area contributed by atoms with Gasteiger partial charge in [0.25, 0.3) is 5.69 Å². The average molecular weight is 298 g/mol. The number of carbonyl (C=O) groups is 1. The second-order valence-corrected chi connectivity index (χ2v) is 5.52. The molecule has 0 aliphatic carbocycles. The first-order chi connectivity index (χ1) is 9.47. The normalized spacial score (nSPS) is 22.0.